The van der Waals surface area contributed by atoms with Crippen LogP contribution in [0.15, 0.2) is 113 Å². The van der Waals surface area contributed by atoms with Crippen molar-refractivity contribution < 1.29 is 22.7 Å². The fourth-order valence-corrected chi connectivity index (χ4v) is 5.23. The third-order valence-corrected chi connectivity index (χ3v) is 7.61. The third-order valence-electron chi connectivity index (χ3n) is 5.52. The molecule has 198 valence electrons. The van der Waals surface area contributed by atoms with Crippen LogP contribution in [-0.4, -0.2) is 33.1 Å². The first kappa shape index (κ1) is 27.6. The van der Waals surface area contributed by atoms with Crippen LogP contribution in [0.5, 0.6) is 5.75 Å². The maximum Gasteiger partial charge on any atom is 0.343 e. The van der Waals surface area contributed by atoms with E-state index in [1.807, 2.05) is 6.92 Å². The number of ether oxygens (including phenoxy) is 1. The van der Waals surface area contributed by atoms with Crippen molar-refractivity contribution in [3.8, 4) is 5.75 Å². The average Bonchev–Trinajstić information content (AvgIpc) is 2.94. The van der Waals surface area contributed by atoms with Crippen LogP contribution >= 0.6 is 11.6 Å². The summed E-state index contributed by atoms with van der Waals surface area (Å²) in [6, 6.07) is 27.8. The van der Waals surface area contributed by atoms with Gasteiger partial charge in [0, 0.05) is 0 Å². The first-order chi connectivity index (χ1) is 18.7. The van der Waals surface area contributed by atoms with Crippen LogP contribution in [0.2, 0.25) is 5.02 Å². The lowest BCUT2D eigenvalue weighted by Gasteiger charge is -2.24. The summed E-state index contributed by atoms with van der Waals surface area (Å²) < 4.78 is 33.2. The predicted molar refractivity (Wildman–Crippen MR) is 151 cm³/mol. The van der Waals surface area contributed by atoms with E-state index in [0.717, 1.165) is 9.87 Å². The molecule has 0 spiro atoms. The normalized spacial score (nSPS) is 11.2. The summed E-state index contributed by atoms with van der Waals surface area (Å²) in [4.78, 5) is 24.9. The van der Waals surface area contributed by atoms with Crippen LogP contribution < -0.4 is 14.5 Å². The molecule has 1 N–H and O–H groups in total. The first-order valence-electron chi connectivity index (χ1n) is 11.8. The highest BCUT2D eigenvalue weighted by atomic mass is 35.5. The molecular weight excluding hydrogens is 538 g/mol. The van der Waals surface area contributed by atoms with Gasteiger partial charge >= 0.3 is 5.97 Å². The van der Waals surface area contributed by atoms with Crippen LogP contribution in [0.25, 0.3) is 0 Å². The van der Waals surface area contributed by atoms with E-state index in [1.54, 1.807) is 84.9 Å². The summed E-state index contributed by atoms with van der Waals surface area (Å²) in [7, 11) is -4.11. The molecule has 0 radical (unpaired) electrons. The highest BCUT2D eigenvalue weighted by Gasteiger charge is 2.28. The van der Waals surface area contributed by atoms with Gasteiger partial charge < -0.3 is 4.74 Å². The number of rotatable bonds is 9. The minimum Gasteiger partial charge on any atom is -0.423 e. The largest absolute Gasteiger partial charge is 0.423 e. The van der Waals surface area contributed by atoms with E-state index in [-0.39, 0.29) is 15.6 Å². The maximum atomic E-state index is 13.4. The second-order valence-electron chi connectivity index (χ2n) is 8.39. The second-order valence-corrected chi connectivity index (χ2v) is 10.7. The summed E-state index contributed by atoms with van der Waals surface area (Å²) in [5.41, 5.74) is 4.46. The van der Waals surface area contributed by atoms with Crippen molar-refractivity contribution in [2.24, 2.45) is 5.10 Å². The minimum atomic E-state index is -4.11. The highest BCUT2D eigenvalue weighted by Crippen LogP contribution is 2.30. The maximum absolute atomic E-state index is 13.4. The van der Waals surface area contributed by atoms with Crippen LogP contribution in [0.4, 0.5) is 5.69 Å². The first-order valence-corrected chi connectivity index (χ1v) is 13.6. The fourth-order valence-electron chi connectivity index (χ4n) is 3.50. The summed E-state index contributed by atoms with van der Waals surface area (Å²) in [5, 5.41) is 4.11. The number of halogens is 1. The standard InChI is InChI=1S/C29H24ClN3O5S/c1-21-11-17-25(18-12-21)39(36,37)33(27-10-6-5-9-26(27)30)20-28(34)32-31-19-22-13-15-24(16-14-22)38-29(35)23-7-3-2-4-8-23/h2-19H,20H2,1H3,(H,32,34)/b31-19-. The van der Waals surface area contributed by atoms with Crippen molar-refractivity contribution in [2.45, 2.75) is 11.8 Å². The number of amides is 1. The van der Waals surface area contributed by atoms with Gasteiger partial charge in [0.05, 0.1) is 27.4 Å². The van der Waals surface area contributed by atoms with Crippen molar-refractivity contribution in [3.63, 3.8) is 0 Å². The number of anilines is 1. The molecule has 8 nitrogen and oxygen atoms in total. The molecule has 0 atom stereocenters. The lowest BCUT2D eigenvalue weighted by Crippen LogP contribution is -2.39. The zero-order chi connectivity index (χ0) is 27.8. The fraction of sp³-hybridized carbons (Fsp3) is 0.0690. The topological polar surface area (TPSA) is 105 Å². The summed E-state index contributed by atoms with van der Waals surface area (Å²) in [6.45, 7) is 1.30. The number of carbonyl (C=O) groups excluding carboxylic acids is 2. The van der Waals surface area contributed by atoms with Gasteiger partial charge in [-0.25, -0.2) is 18.6 Å². The molecule has 0 aliphatic carbocycles. The van der Waals surface area contributed by atoms with Crippen molar-refractivity contribution in [1.29, 1.82) is 0 Å². The molecule has 10 heteroatoms. The Balaban J connectivity index is 1.43. The Bertz CT molecular complexity index is 1590. The van der Waals surface area contributed by atoms with Crippen LogP contribution in [-0.2, 0) is 14.8 Å². The van der Waals surface area contributed by atoms with Gasteiger partial charge in [-0.05, 0) is 73.2 Å². The van der Waals surface area contributed by atoms with Crippen LogP contribution in [0, 0.1) is 6.92 Å². The van der Waals surface area contributed by atoms with E-state index >= 15 is 0 Å². The molecule has 0 saturated heterocycles. The number of aryl methyl sites for hydroxylation is 1. The molecule has 0 fully saturated rings. The molecular formula is C29H24ClN3O5S. The van der Waals surface area contributed by atoms with Crippen LogP contribution in [0.3, 0.4) is 0 Å². The Morgan fingerprint density at radius 3 is 2.21 bits per heavy atom. The van der Waals surface area contributed by atoms with Gasteiger partial charge in [0.25, 0.3) is 15.9 Å². The van der Waals surface area contributed by atoms with Crippen LogP contribution in [0.1, 0.15) is 21.5 Å². The molecule has 39 heavy (non-hydrogen) atoms. The number of benzene rings is 4. The summed E-state index contributed by atoms with van der Waals surface area (Å²) >= 11 is 6.29. The molecule has 4 aromatic carbocycles. The lowest BCUT2D eigenvalue weighted by atomic mass is 10.2. The Labute approximate surface area is 231 Å². The van der Waals surface area contributed by atoms with Crippen molar-refractivity contribution in [3.05, 3.63) is 125 Å². The summed E-state index contributed by atoms with van der Waals surface area (Å²) in [5.74, 6) is -0.801. The molecule has 1 amide bonds. The molecule has 0 bridgehead atoms. The zero-order valence-electron chi connectivity index (χ0n) is 20.8. The Morgan fingerprint density at radius 1 is 0.897 bits per heavy atom. The van der Waals surface area contributed by atoms with E-state index in [2.05, 4.69) is 10.5 Å². The Morgan fingerprint density at radius 2 is 1.54 bits per heavy atom. The highest BCUT2D eigenvalue weighted by molar-refractivity contribution is 7.92. The zero-order valence-corrected chi connectivity index (χ0v) is 22.4. The van der Waals surface area contributed by atoms with Crippen molar-refractivity contribution in [2.75, 3.05) is 10.8 Å². The molecule has 0 aliphatic heterocycles. The van der Waals surface area contributed by atoms with E-state index in [9.17, 15) is 18.0 Å². The number of nitrogens with one attached hydrogen (secondary N) is 1. The molecule has 0 aliphatic rings. The molecule has 0 heterocycles. The van der Waals surface area contributed by atoms with E-state index in [1.165, 1.54) is 24.4 Å². The Kier molecular flexibility index (Phi) is 8.75. The average molecular weight is 562 g/mol. The number of para-hydroxylation sites is 1. The number of nitrogens with zero attached hydrogens (tertiary/aromatic N) is 2. The molecule has 0 unspecified atom stereocenters. The van der Waals surface area contributed by atoms with Crippen molar-refractivity contribution >= 4 is 45.4 Å². The molecule has 4 aromatic rings. The quantitative estimate of drug-likeness (QED) is 0.131. The number of hydrazone groups is 1. The van der Waals surface area contributed by atoms with E-state index in [0.29, 0.717) is 16.9 Å². The van der Waals surface area contributed by atoms with Gasteiger partial charge in [-0.2, -0.15) is 5.10 Å². The van der Waals surface area contributed by atoms with Gasteiger partial charge in [-0.15, -0.1) is 0 Å². The number of carbonyl (C=O) groups is 2. The number of hydrogen-bond acceptors (Lipinski definition) is 6. The van der Waals surface area contributed by atoms with E-state index in [4.69, 9.17) is 16.3 Å². The third kappa shape index (κ3) is 7.10. The Hall–Kier alpha value is -4.47. The second kappa shape index (κ2) is 12.4. The smallest absolute Gasteiger partial charge is 0.343 e. The molecule has 0 aromatic heterocycles. The number of esters is 1. The van der Waals surface area contributed by atoms with Gasteiger partial charge in [0.15, 0.2) is 0 Å². The van der Waals surface area contributed by atoms with Gasteiger partial charge in [0.1, 0.15) is 12.3 Å². The SMILES string of the molecule is Cc1ccc(S(=O)(=O)N(CC(=O)N/N=C\c2ccc(OC(=O)c3ccccc3)cc2)c2ccccc2Cl)cc1. The molecule has 0 saturated carbocycles. The number of sulfonamides is 1. The molecule has 4 rings (SSSR count). The lowest BCUT2D eigenvalue weighted by molar-refractivity contribution is -0.119. The van der Waals surface area contributed by atoms with Gasteiger partial charge in [0.2, 0.25) is 0 Å². The van der Waals surface area contributed by atoms with Gasteiger partial charge in [-0.1, -0.05) is 59.6 Å². The minimum absolute atomic E-state index is 0.0253. The monoisotopic (exact) mass is 561 g/mol. The van der Waals surface area contributed by atoms with Gasteiger partial charge in [-0.3, -0.25) is 9.10 Å². The van der Waals surface area contributed by atoms with Crippen molar-refractivity contribution in [1.82, 2.24) is 5.43 Å². The summed E-state index contributed by atoms with van der Waals surface area (Å²) in [6.07, 6.45) is 1.38. The number of hydrogen-bond donors (Lipinski definition) is 1. The van der Waals surface area contributed by atoms with E-state index < -0.39 is 28.4 Å². The predicted octanol–water partition coefficient (Wildman–Crippen LogP) is 5.21.